The molecule has 6 heteroatoms. The van der Waals surface area contributed by atoms with Gasteiger partial charge in [0.05, 0.1) is 0 Å². The second kappa shape index (κ2) is 51.4. The third-order valence-electron chi connectivity index (χ3n) is 10.3. The van der Waals surface area contributed by atoms with Gasteiger partial charge in [0.15, 0.2) is 6.10 Å². The van der Waals surface area contributed by atoms with Gasteiger partial charge in [-0.2, -0.15) is 0 Å². The fourth-order valence-corrected chi connectivity index (χ4v) is 6.58. The summed E-state index contributed by atoms with van der Waals surface area (Å²) >= 11 is 0. The minimum atomic E-state index is -0.804. The maximum Gasteiger partial charge on any atom is 0.306 e. The number of rotatable bonds is 44. The summed E-state index contributed by atoms with van der Waals surface area (Å²) in [6.07, 6.45) is 70.3. The summed E-state index contributed by atoms with van der Waals surface area (Å²) in [6.45, 7) is 6.20. The molecule has 0 aromatic rings. The SMILES string of the molecule is CC\C=C/C=C\C=C/C=C\CCCCCCCC(=O)OC(COC(=O)CCCCCCCC/C=C\C/C=C\C/C=C\CC)COC(=O)CCCCCCCCC\C=C/C=C\C=C/CC. The Morgan fingerprint density at radius 2 is 0.641 bits per heavy atom. The average Bonchev–Trinajstić information content (AvgIpc) is 3.29. The van der Waals surface area contributed by atoms with Crippen LogP contribution in [-0.2, 0) is 28.6 Å². The van der Waals surface area contributed by atoms with Gasteiger partial charge in [0, 0.05) is 19.3 Å². The van der Waals surface area contributed by atoms with Gasteiger partial charge in [-0.05, 0) is 89.9 Å². The molecule has 0 spiro atoms. The molecule has 0 fully saturated rings. The number of ether oxygens (including phenoxy) is 3. The molecule has 0 aliphatic heterocycles. The zero-order valence-corrected chi connectivity index (χ0v) is 41.0. The number of carbonyl (C=O) groups is 3. The van der Waals surface area contributed by atoms with Gasteiger partial charge in [0.25, 0.3) is 0 Å². The molecule has 0 aromatic carbocycles. The van der Waals surface area contributed by atoms with E-state index in [1.54, 1.807) is 0 Å². The Bertz CT molecular complexity index is 1390. The molecule has 0 aliphatic rings. The lowest BCUT2D eigenvalue weighted by molar-refractivity contribution is -0.167. The second-order valence-electron chi connectivity index (χ2n) is 16.4. The highest BCUT2D eigenvalue weighted by Crippen LogP contribution is 2.14. The average molecular weight is 885 g/mol. The Kier molecular flexibility index (Phi) is 48.1. The zero-order valence-electron chi connectivity index (χ0n) is 41.0. The molecule has 0 amide bonds. The minimum absolute atomic E-state index is 0.102. The lowest BCUT2D eigenvalue weighted by Gasteiger charge is -2.18. The normalized spacial score (nSPS) is 13.1. The molecule has 1 atom stereocenters. The standard InChI is InChI=1S/C58H92O6/c1-4-7-10-13-16-19-22-25-28-31-33-36-39-42-45-48-51-57(60)63-54-55(64-58(61)52-49-46-43-40-37-34-30-27-24-21-18-15-12-9-6-3)53-62-56(59)50-47-44-41-38-35-32-29-26-23-20-17-14-11-8-5-2/h7-12,14-21,23-25,27-28,30,55H,4-6,13,22,26,29,31-54H2,1-3H3/b10-7-,11-8-,12-9-,17-14-,18-15-,19-16-,23-20-,24-21-,28-25-,30-27-. The number of allylic oxidation sites excluding steroid dienone is 20. The maximum atomic E-state index is 12.8. The highest BCUT2D eigenvalue weighted by Gasteiger charge is 2.19. The summed E-state index contributed by atoms with van der Waals surface area (Å²) in [5, 5.41) is 0. The Morgan fingerprint density at radius 1 is 0.328 bits per heavy atom. The summed E-state index contributed by atoms with van der Waals surface area (Å²) in [4.78, 5) is 38.0. The van der Waals surface area contributed by atoms with E-state index in [4.69, 9.17) is 14.2 Å². The van der Waals surface area contributed by atoms with Crippen LogP contribution in [0, 0.1) is 0 Å². The number of carbonyl (C=O) groups excluding carboxylic acids is 3. The monoisotopic (exact) mass is 885 g/mol. The van der Waals surface area contributed by atoms with Crippen LogP contribution in [0.3, 0.4) is 0 Å². The van der Waals surface area contributed by atoms with Crippen molar-refractivity contribution in [3.8, 4) is 0 Å². The first kappa shape index (κ1) is 59.8. The summed E-state index contributed by atoms with van der Waals surface area (Å²) in [7, 11) is 0. The van der Waals surface area contributed by atoms with E-state index in [-0.39, 0.29) is 31.1 Å². The van der Waals surface area contributed by atoms with Crippen molar-refractivity contribution in [2.75, 3.05) is 13.2 Å². The van der Waals surface area contributed by atoms with Gasteiger partial charge in [-0.15, -0.1) is 0 Å². The minimum Gasteiger partial charge on any atom is -0.462 e. The summed E-state index contributed by atoms with van der Waals surface area (Å²) in [5.41, 5.74) is 0. The fraction of sp³-hybridized carbons (Fsp3) is 0.603. The van der Waals surface area contributed by atoms with Gasteiger partial charge in [0.1, 0.15) is 13.2 Å². The van der Waals surface area contributed by atoms with Crippen LogP contribution in [0.25, 0.3) is 0 Å². The van der Waals surface area contributed by atoms with Gasteiger partial charge < -0.3 is 14.2 Å². The van der Waals surface area contributed by atoms with Gasteiger partial charge >= 0.3 is 17.9 Å². The van der Waals surface area contributed by atoms with Gasteiger partial charge in [-0.1, -0.05) is 219 Å². The third kappa shape index (κ3) is 48.8. The molecule has 0 bridgehead atoms. The van der Waals surface area contributed by atoms with Crippen molar-refractivity contribution in [1.29, 1.82) is 0 Å². The van der Waals surface area contributed by atoms with E-state index in [0.717, 1.165) is 128 Å². The van der Waals surface area contributed by atoms with E-state index in [2.05, 4.69) is 118 Å². The smallest absolute Gasteiger partial charge is 0.306 e. The molecule has 0 saturated carbocycles. The Hall–Kier alpha value is -4.19. The van der Waals surface area contributed by atoms with Crippen LogP contribution in [-0.4, -0.2) is 37.2 Å². The Labute approximate surface area is 392 Å². The highest BCUT2D eigenvalue weighted by atomic mass is 16.6. The van der Waals surface area contributed by atoms with Crippen molar-refractivity contribution in [1.82, 2.24) is 0 Å². The van der Waals surface area contributed by atoms with Crippen molar-refractivity contribution in [3.05, 3.63) is 122 Å². The topological polar surface area (TPSA) is 78.9 Å². The van der Waals surface area contributed by atoms with Crippen LogP contribution >= 0.6 is 0 Å². The number of hydrogen-bond acceptors (Lipinski definition) is 6. The van der Waals surface area contributed by atoms with Crippen molar-refractivity contribution in [3.63, 3.8) is 0 Å². The van der Waals surface area contributed by atoms with E-state index in [1.165, 1.54) is 38.5 Å². The van der Waals surface area contributed by atoms with Gasteiger partial charge in [-0.3, -0.25) is 14.4 Å². The van der Waals surface area contributed by atoms with Gasteiger partial charge in [-0.25, -0.2) is 0 Å². The quantitative estimate of drug-likeness (QED) is 0.0199. The first-order chi connectivity index (χ1) is 31.5. The molecule has 0 aromatic heterocycles. The predicted molar refractivity (Wildman–Crippen MR) is 274 cm³/mol. The molecule has 0 N–H and O–H groups in total. The first-order valence-corrected chi connectivity index (χ1v) is 25.6. The molecule has 1 unspecified atom stereocenters. The van der Waals surface area contributed by atoms with E-state index >= 15 is 0 Å². The van der Waals surface area contributed by atoms with Crippen LogP contribution in [0.15, 0.2) is 122 Å². The summed E-state index contributed by atoms with van der Waals surface area (Å²) < 4.78 is 16.8. The molecular weight excluding hydrogens is 793 g/mol. The molecule has 360 valence electrons. The second-order valence-corrected chi connectivity index (χ2v) is 16.4. The van der Waals surface area contributed by atoms with E-state index in [0.29, 0.717) is 19.3 Å². The zero-order chi connectivity index (χ0) is 46.5. The summed E-state index contributed by atoms with van der Waals surface area (Å²) in [5.74, 6) is -0.957. The Morgan fingerprint density at radius 3 is 1.06 bits per heavy atom. The lowest BCUT2D eigenvalue weighted by Crippen LogP contribution is -2.30. The molecular formula is C58H92O6. The molecule has 0 radical (unpaired) electrons. The molecule has 0 heterocycles. The molecule has 64 heavy (non-hydrogen) atoms. The van der Waals surface area contributed by atoms with Crippen LogP contribution in [0.2, 0.25) is 0 Å². The molecule has 0 aliphatic carbocycles. The van der Waals surface area contributed by atoms with E-state index < -0.39 is 6.10 Å². The van der Waals surface area contributed by atoms with Crippen LogP contribution < -0.4 is 0 Å². The number of hydrogen-bond donors (Lipinski definition) is 0. The number of unbranched alkanes of at least 4 members (excludes halogenated alkanes) is 18. The predicted octanol–water partition coefficient (Wildman–Crippen LogP) is 16.9. The van der Waals surface area contributed by atoms with Crippen LogP contribution in [0.1, 0.15) is 207 Å². The van der Waals surface area contributed by atoms with Crippen LogP contribution in [0.5, 0.6) is 0 Å². The van der Waals surface area contributed by atoms with Crippen molar-refractivity contribution >= 4 is 17.9 Å². The van der Waals surface area contributed by atoms with Crippen molar-refractivity contribution in [2.45, 2.75) is 213 Å². The van der Waals surface area contributed by atoms with Crippen molar-refractivity contribution in [2.24, 2.45) is 0 Å². The fourth-order valence-electron chi connectivity index (χ4n) is 6.58. The summed E-state index contributed by atoms with van der Waals surface area (Å²) in [6, 6.07) is 0. The van der Waals surface area contributed by atoms with Crippen LogP contribution in [0.4, 0.5) is 0 Å². The van der Waals surface area contributed by atoms with Crippen molar-refractivity contribution < 1.29 is 28.6 Å². The Balaban J connectivity index is 4.49. The highest BCUT2D eigenvalue weighted by molar-refractivity contribution is 5.71. The van der Waals surface area contributed by atoms with E-state index in [9.17, 15) is 14.4 Å². The van der Waals surface area contributed by atoms with E-state index in [1.807, 2.05) is 24.3 Å². The first-order valence-electron chi connectivity index (χ1n) is 25.6. The maximum absolute atomic E-state index is 12.8. The molecule has 0 saturated heterocycles. The lowest BCUT2D eigenvalue weighted by atomic mass is 10.1. The molecule has 6 nitrogen and oxygen atoms in total. The number of esters is 3. The third-order valence-corrected chi connectivity index (χ3v) is 10.3. The largest absolute Gasteiger partial charge is 0.462 e. The molecule has 0 rings (SSSR count). The van der Waals surface area contributed by atoms with Gasteiger partial charge in [0.2, 0.25) is 0 Å².